The molecule has 0 bridgehead atoms. The molecule has 0 spiro atoms. The van der Waals surface area contributed by atoms with E-state index in [1.807, 2.05) is 32.0 Å². The van der Waals surface area contributed by atoms with E-state index < -0.39 is 6.17 Å². The smallest absolute Gasteiger partial charge is 0.122 e. The van der Waals surface area contributed by atoms with Crippen molar-refractivity contribution in [1.29, 1.82) is 0 Å². The maximum atomic E-state index is 12.8. The second kappa shape index (κ2) is 3.04. The number of hydrogen-bond acceptors (Lipinski definition) is 0. The SMILES string of the molecule is Cc1cc(C)cc(C(C)F)c1. The van der Waals surface area contributed by atoms with Crippen LogP contribution in [-0.4, -0.2) is 0 Å². The lowest BCUT2D eigenvalue weighted by atomic mass is 10.1. The Morgan fingerprint density at radius 3 is 1.91 bits per heavy atom. The summed E-state index contributed by atoms with van der Waals surface area (Å²) >= 11 is 0. The Hall–Kier alpha value is -0.850. The predicted octanol–water partition coefficient (Wildman–Crippen LogP) is 3.33. The molecular formula is C10H13F. The minimum atomic E-state index is -0.853. The Morgan fingerprint density at radius 1 is 1.09 bits per heavy atom. The van der Waals surface area contributed by atoms with Crippen molar-refractivity contribution in [3.63, 3.8) is 0 Å². The van der Waals surface area contributed by atoms with Crippen molar-refractivity contribution < 1.29 is 4.39 Å². The van der Waals surface area contributed by atoms with Crippen molar-refractivity contribution >= 4 is 0 Å². The number of aryl methyl sites for hydroxylation is 2. The summed E-state index contributed by atoms with van der Waals surface area (Å²) in [6.45, 7) is 5.53. The van der Waals surface area contributed by atoms with Crippen LogP contribution < -0.4 is 0 Å². The average molecular weight is 152 g/mol. The summed E-state index contributed by atoms with van der Waals surface area (Å²) in [4.78, 5) is 0. The Balaban J connectivity index is 3.08. The van der Waals surface area contributed by atoms with Crippen LogP contribution in [0.2, 0.25) is 0 Å². The van der Waals surface area contributed by atoms with Gasteiger partial charge in [-0.1, -0.05) is 29.3 Å². The van der Waals surface area contributed by atoms with Crippen molar-refractivity contribution in [2.75, 3.05) is 0 Å². The first-order valence-corrected chi connectivity index (χ1v) is 3.82. The van der Waals surface area contributed by atoms with E-state index in [1.165, 1.54) is 0 Å². The first-order chi connectivity index (χ1) is 5.09. The van der Waals surface area contributed by atoms with Gasteiger partial charge in [0, 0.05) is 0 Å². The van der Waals surface area contributed by atoms with E-state index >= 15 is 0 Å². The molecule has 1 atom stereocenters. The van der Waals surface area contributed by atoms with Gasteiger partial charge in [-0.25, -0.2) is 4.39 Å². The summed E-state index contributed by atoms with van der Waals surface area (Å²) in [5.41, 5.74) is 3.04. The van der Waals surface area contributed by atoms with E-state index in [0.717, 1.165) is 16.7 Å². The molecule has 0 aliphatic carbocycles. The Bertz CT molecular complexity index is 231. The molecule has 0 aliphatic heterocycles. The van der Waals surface area contributed by atoms with Gasteiger partial charge in [0.2, 0.25) is 0 Å². The lowest BCUT2D eigenvalue weighted by Crippen LogP contribution is -1.87. The van der Waals surface area contributed by atoms with Crippen LogP contribution in [0.3, 0.4) is 0 Å². The van der Waals surface area contributed by atoms with Crippen LogP contribution in [0.4, 0.5) is 4.39 Å². The van der Waals surface area contributed by atoms with Gasteiger partial charge >= 0.3 is 0 Å². The van der Waals surface area contributed by atoms with Gasteiger partial charge < -0.3 is 0 Å². The average Bonchev–Trinajstić information content (AvgIpc) is 1.85. The molecule has 1 heteroatoms. The third-order valence-electron chi connectivity index (χ3n) is 1.70. The summed E-state index contributed by atoms with van der Waals surface area (Å²) < 4.78 is 12.8. The summed E-state index contributed by atoms with van der Waals surface area (Å²) in [7, 11) is 0. The second-order valence-corrected chi connectivity index (χ2v) is 3.04. The summed E-state index contributed by atoms with van der Waals surface area (Å²) in [6, 6.07) is 5.82. The molecule has 1 aromatic carbocycles. The summed E-state index contributed by atoms with van der Waals surface area (Å²) in [5, 5.41) is 0. The molecule has 0 heterocycles. The maximum absolute atomic E-state index is 12.8. The fourth-order valence-corrected chi connectivity index (χ4v) is 1.24. The number of rotatable bonds is 1. The molecule has 11 heavy (non-hydrogen) atoms. The number of hydrogen-bond donors (Lipinski definition) is 0. The number of halogens is 1. The molecule has 0 fully saturated rings. The van der Waals surface area contributed by atoms with E-state index in [0.29, 0.717) is 0 Å². The molecule has 60 valence electrons. The molecule has 0 amide bonds. The third kappa shape index (κ3) is 2.04. The largest absolute Gasteiger partial charge is 0.243 e. The fraction of sp³-hybridized carbons (Fsp3) is 0.400. The van der Waals surface area contributed by atoms with Crippen LogP contribution in [-0.2, 0) is 0 Å². The van der Waals surface area contributed by atoms with Gasteiger partial charge in [-0.3, -0.25) is 0 Å². The Kier molecular flexibility index (Phi) is 2.28. The predicted molar refractivity (Wildman–Crippen MR) is 45.4 cm³/mol. The zero-order valence-electron chi connectivity index (χ0n) is 7.19. The Morgan fingerprint density at radius 2 is 1.55 bits per heavy atom. The molecule has 0 nitrogen and oxygen atoms in total. The van der Waals surface area contributed by atoms with E-state index in [2.05, 4.69) is 0 Å². The molecule has 1 aromatic rings. The zero-order chi connectivity index (χ0) is 8.43. The highest BCUT2D eigenvalue weighted by Gasteiger charge is 2.02. The van der Waals surface area contributed by atoms with Crippen LogP contribution in [0.5, 0.6) is 0 Å². The highest BCUT2D eigenvalue weighted by Crippen LogP contribution is 2.18. The molecular weight excluding hydrogens is 139 g/mol. The topological polar surface area (TPSA) is 0 Å². The van der Waals surface area contributed by atoms with Gasteiger partial charge in [0.1, 0.15) is 6.17 Å². The van der Waals surface area contributed by atoms with Crippen molar-refractivity contribution in [1.82, 2.24) is 0 Å². The van der Waals surface area contributed by atoms with E-state index in [9.17, 15) is 4.39 Å². The minimum Gasteiger partial charge on any atom is -0.243 e. The maximum Gasteiger partial charge on any atom is 0.122 e. The molecule has 0 N–H and O–H groups in total. The zero-order valence-corrected chi connectivity index (χ0v) is 7.19. The molecule has 0 radical (unpaired) electrons. The second-order valence-electron chi connectivity index (χ2n) is 3.04. The molecule has 1 rings (SSSR count). The van der Waals surface area contributed by atoms with Gasteiger partial charge in [0.15, 0.2) is 0 Å². The van der Waals surface area contributed by atoms with Crippen LogP contribution in [0.25, 0.3) is 0 Å². The van der Waals surface area contributed by atoms with Crippen LogP contribution in [0, 0.1) is 13.8 Å². The lowest BCUT2D eigenvalue weighted by molar-refractivity contribution is 0.374. The fourth-order valence-electron chi connectivity index (χ4n) is 1.24. The van der Waals surface area contributed by atoms with Crippen molar-refractivity contribution in [2.45, 2.75) is 26.9 Å². The highest BCUT2D eigenvalue weighted by atomic mass is 19.1. The molecule has 0 aliphatic rings. The van der Waals surface area contributed by atoms with Crippen molar-refractivity contribution in [3.8, 4) is 0 Å². The van der Waals surface area contributed by atoms with Crippen molar-refractivity contribution in [3.05, 3.63) is 34.9 Å². The van der Waals surface area contributed by atoms with Crippen LogP contribution in [0.15, 0.2) is 18.2 Å². The van der Waals surface area contributed by atoms with E-state index in [-0.39, 0.29) is 0 Å². The van der Waals surface area contributed by atoms with Gasteiger partial charge in [-0.2, -0.15) is 0 Å². The van der Waals surface area contributed by atoms with Gasteiger partial charge in [-0.05, 0) is 26.3 Å². The third-order valence-corrected chi connectivity index (χ3v) is 1.70. The monoisotopic (exact) mass is 152 g/mol. The number of benzene rings is 1. The summed E-state index contributed by atoms with van der Waals surface area (Å²) in [5.74, 6) is 0. The standard InChI is InChI=1S/C10H13F/c1-7-4-8(2)6-10(5-7)9(3)11/h4-6,9H,1-3H3. The van der Waals surface area contributed by atoms with Gasteiger partial charge in [-0.15, -0.1) is 0 Å². The normalized spacial score (nSPS) is 13.1. The van der Waals surface area contributed by atoms with Crippen LogP contribution in [0.1, 0.15) is 29.8 Å². The van der Waals surface area contributed by atoms with Crippen molar-refractivity contribution in [2.24, 2.45) is 0 Å². The first kappa shape index (κ1) is 8.25. The number of alkyl halides is 1. The first-order valence-electron chi connectivity index (χ1n) is 3.82. The van der Waals surface area contributed by atoms with E-state index in [4.69, 9.17) is 0 Å². The molecule has 1 unspecified atom stereocenters. The van der Waals surface area contributed by atoms with E-state index in [1.54, 1.807) is 6.92 Å². The highest BCUT2D eigenvalue weighted by molar-refractivity contribution is 5.29. The van der Waals surface area contributed by atoms with Gasteiger partial charge in [0.25, 0.3) is 0 Å². The minimum absolute atomic E-state index is 0.780. The Labute approximate surface area is 67.1 Å². The van der Waals surface area contributed by atoms with Gasteiger partial charge in [0.05, 0.1) is 0 Å². The molecule has 0 aromatic heterocycles. The lowest BCUT2D eigenvalue weighted by Gasteiger charge is -2.04. The summed E-state index contributed by atoms with van der Waals surface area (Å²) in [6.07, 6.45) is -0.853. The molecule has 0 saturated carbocycles. The van der Waals surface area contributed by atoms with Crippen LogP contribution >= 0.6 is 0 Å². The molecule has 0 saturated heterocycles. The quantitative estimate of drug-likeness (QED) is 0.579.